The van der Waals surface area contributed by atoms with E-state index in [0.29, 0.717) is 35.5 Å². The van der Waals surface area contributed by atoms with Gasteiger partial charge in [-0.3, -0.25) is 4.79 Å². The molecule has 5 atom stereocenters. The number of aromatic carboxylic acids is 1. The van der Waals surface area contributed by atoms with Crippen molar-refractivity contribution in [3.05, 3.63) is 95.1 Å². The van der Waals surface area contributed by atoms with Crippen LogP contribution in [0.25, 0.3) is 0 Å². The minimum atomic E-state index is -3.18. The van der Waals surface area contributed by atoms with Crippen LogP contribution in [0.3, 0.4) is 0 Å². The maximum absolute atomic E-state index is 14.9. The van der Waals surface area contributed by atoms with Crippen molar-refractivity contribution in [2.75, 3.05) is 6.79 Å². The number of ether oxygens (including phenoxy) is 3. The van der Waals surface area contributed by atoms with Gasteiger partial charge >= 0.3 is 5.97 Å². The number of carbonyl (C=O) groups is 2. The summed E-state index contributed by atoms with van der Waals surface area (Å²) in [4.78, 5) is 24.7. The minimum absolute atomic E-state index is 0.0344. The molecule has 2 fully saturated rings. The largest absolute Gasteiger partial charge is 0.478 e. The van der Waals surface area contributed by atoms with Crippen molar-refractivity contribution in [2.45, 2.75) is 42.9 Å². The summed E-state index contributed by atoms with van der Waals surface area (Å²) in [6.07, 6.45) is -0.204. The molecule has 6 rings (SSSR count). The van der Waals surface area contributed by atoms with E-state index in [9.17, 15) is 23.5 Å². The van der Waals surface area contributed by atoms with E-state index in [4.69, 9.17) is 14.2 Å². The molecule has 2 heterocycles. The Hall–Kier alpha value is -3.98. The molecule has 7 nitrogen and oxygen atoms in total. The highest BCUT2D eigenvalue weighted by molar-refractivity contribution is 5.88. The number of benzene rings is 3. The van der Waals surface area contributed by atoms with Gasteiger partial charge in [0.25, 0.3) is 5.92 Å². The molecule has 0 bridgehead atoms. The van der Waals surface area contributed by atoms with Gasteiger partial charge in [0.2, 0.25) is 12.7 Å². The van der Waals surface area contributed by atoms with Crippen molar-refractivity contribution >= 4 is 11.9 Å². The van der Waals surface area contributed by atoms with E-state index in [1.807, 2.05) is 30.3 Å². The predicted molar refractivity (Wildman–Crippen MR) is 131 cm³/mol. The monoisotopic (exact) mass is 521 g/mol. The van der Waals surface area contributed by atoms with Gasteiger partial charge in [0.1, 0.15) is 5.92 Å². The first-order chi connectivity index (χ1) is 18.3. The fraction of sp³-hybridized carbons (Fsp3) is 0.310. The summed E-state index contributed by atoms with van der Waals surface area (Å²) < 4.78 is 46.7. The normalized spacial score (nSPS) is 26.9. The van der Waals surface area contributed by atoms with Gasteiger partial charge in [-0.05, 0) is 53.8 Å². The molecule has 0 spiro atoms. The first-order valence-electron chi connectivity index (χ1n) is 12.4. The number of nitrogens with one attached hydrogen (secondary N) is 1. The number of fused-ring (bicyclic) bond motifs is 1. The summed E-state index contributed by atoms with van der Waals surface area (Å²) in [6, 6.07) is 20.1. The van der Waals surface area contributed by atoms with E-state index in [-0.39, 0.29) is 12.4 Å². The molecule has 3 aliphatic rings. The average Bonchev–Trinajstić information content (AvgIpc) is 3.24. The molecule has 3 aromatic carbocycles. The van der Waals surface area contributed by atoms with Gasteiger partial charge in [0.05, 0.1) is 23.7 Å². The topological polar surface area (TPSA) is 94.1 Å². The highest BCUT2D eigenvalue weighted by Crippen LogP contribution is 2.62. The van der Waals surface area contributed by atoms with Crippen molar-refractivity contribution in [1.82, 2.24) is 5.32 Å². The fourth-order valence-corrected chi connectivity index (χ4v) is 5.47. The van der Waals surface area contributed by atoms with Crippen LogP contribution in [0.5, 0.6) is 11.5 Å². The summed E-state index contributed by atoms with van der Waals surface area (Å²) in [7, 11) is 0. The molecule has 38 heavy (non-hydrogen) atoms. The van der Waals surface area contributed by atoms with Crippen LogP contribution in [0.2, 0.25) is 0 Å². The van der Waals surface area contributed by atoms with Gasteiger partial charge in [-0.25, -0.2) is 13.6 Å². The van der Waals surface area contributed by atoms with Crippen LogP contribution in [0, 0.1) is 5.92 Å². The van der Waals surface area contributed by atoms with E-state index >= 15 is 0 Å². The van der Waals surface area contributed by atoms with Gasteiger partial charge in [0.15, 0.2) is 11.5 Å². The summed E-state index contributed by atoms with van der Waals surface area (Å²) in [5.74, 6) is -6.81. The van der Waals surface area contributed by atoms with E-state index in [2.05, 4.69) is 5.32 Å². The molecule has 1 saturated heterocycles. The Morgan fingerprint density at radius 1 is 0.842 bits per heavy atom. The highest BCUT2D eigenvalue weighted by atomic mass is 19.3. The molecular weight excluding hydrogens is 496 g/mol. The molecule has 196 valence electrons. The zero-order valence-electron chi connectivity index (χ0n) is 20.2. The molecule has 1 aliphatic carbocycles. The Morgan fingerprint density at radius 2 is 1.55 bits per heavy atom. The van der Waals surface area contributed by atoms with Crippen molar-refractivity contribution in [3.8, 4) is 11.5 Å². The van der Waals surface area contributed by atoms with Crippen LogP contribution in [-0.2, 0) is 9.53 Å². The lowest BCUT2D eigenvalue weighted by molar-refractivity contribution is -0.127. The number of carboxylic acid groups (broad SMARTS) is 1. The van der Waals surface area contributed by atoms with E-state index in [1.54, 1.807) is 30.3 Å². The van der Waals surface area contributed by atoms with Gasteiger partial charge in [-0.2, -0.15) is 0 Å². The number of halogens is 2. The number of carboxylic acids is 1. The number of hydrogen-bond acceptors (Lipinski definition) is 5. The van der Waals surface area contributed by atoms with E-state index in [0.717, 1.165) is 5.56 Å². The van der Waals surface area contributed by atoms with Crippen molar-refractivity contribution in [3.63, 3.8) is 0 Å². The van der Waals surface area contributed by atoms with Crippen LogP contribution in [0.1, 0.15) is 58.0 Å². The van der Waals surface area contributed by atoms with Gasteiger partial charge < -0.3 is 24.6 Å². The third-order valence-electron chi connectivity index (χ3n) is 7.44. The molecule has 0 aromatic heterocycles. The Labute approximate surface area is 217 Å². The lowest BCUT2D eigenvalue weighted by Gasteiger charge is -2.36. The SMILES string of the molecule is O=C(O)c1cccc([C@H]2C[C@H](NC(=O)C3C(c4ccc5c(c4)OCO5)C3(F)F)C[C@@H](c3ccccc3)O2)c1. The zero-order chi connectivity index (χ0) is 26.4. The lowest BCUT2D eigenvalue weighted by Crippen LogP contribution is -2.42. The second kappa shape index (κ2) is 9.40. The third kappa shape index (κ3) is 4.47. The van der Waals surface area contributed by atoms with Gasteiger partial charge in [0, 0.05) is 6.04 Å². The maximum Gasteiger partial charge on any atom is 0.335 e. The van der Waals surface area contributed by atoms with Crippen LogP contribution in [0.4, 0.5) is 8.78 Å². The molecule has 3 aromatic rings. The number of rotatable bonds is 6. The molecule has 1 amide bonds. The molecule has 2 unspecified atom stereocenters. The smallest absolute Gasteiger partial charge is 0.335 e. The molecule has 2 N–H and O–H groups in total. The second-order valence-electron chi connectivity index (χ2n) is 9.87. The third-order valence-corrected chi connectivity index (χ3v) is 7.44. The first-order valence-corrected chi connectivity index (χ1v) is 12.4. The first kappa shape index (κ1) is 24.4. The van der Waals surface area contributed by atoms with Crippen LogP contribution in [0.15, 0.2) is 72.8 Å². The Bertz CT molecular complexity index is 1380. The molecule has 0 radical (unpaired) electrons. The Kier molecular flexibility index (Phi) is 6.03. The lowest BCUT2D eigenvalue weighted by atomic mass is 9.90. The molecule has 2 aliphatic heterocycles. The van der Waals surface area contributed by atoms with E-state index in [1.165, 1.54) is 12.1 Å². The number of hydrogen-bond donors (Lipinski definition) is 2. The van der Waals surface area contributed by atoms with Gasteiger partial charge in [-0.15, -0.1) is 0 Å². The predicted octanol–water partition coefficient (Wildman–Crippen LogP) is 5.24. The standard InChI is InChI=1S/C29H25F2NO6/c30-29(31)25(18-9-10-21-24(12-18)37-15-36-21)26(29)27(33)32-20-13-22(16-5-2-1-3-6-16)38-23(14-20)17-7-4-8-19(11-17)28(34)35/h1-12,20,22-23,25-26H,13-15H2,(H,32,33)(H,34,35)/t20-,22+,23-,25?,26?/m1/s1. The second-order valence-corrected chi connectivity index (χ2v) is 9.87. The van der Waals surface area contributed by atoms with Crippen molar-refractivity contribution in [1.29, 1.82) is 0 Å². The molecule has 1 saturated carbocycles. The number of alkyl halides is 2. The number of amides is 1. The van der Waals surface area contributed by atoms with E-state index < -0.39 is 47.9 Å². The van der Waals surface area contributed by atoms with Crippen LogP contribution >= 0.6 is 0 Å². The van der Waals surface area contributed by atoms with Crippen LogP contribution in [-0.4, -0.2) is 35.7 Å². The average molecular weight is 522 g/mol. The fourth-order valence-electron chi connectivity index (χ4n) is 5.47. The molecular formula is C29H25F2NO6. The maximum atomic E-state index is 14.9. The number of carbonyl (C=O) groups excluding carboxylic acids is 1. The van der Waals surface area contributed by atoms with Crippen molar-refractivity contribution in [2.24, 2.45) is 5.92 Å². The molecule has 9 heteroatoms. The minimum Gasteiger partial charge on any atom is -0.478 e. The van der Waals surface area contributed by atoms with Crippen molar-refractivity contribution < 1.29 is 37.7 Å². The summed E-state index contributed by atoms with van der Waals surface area (Å²) in [5.41, 5.74) is 2.00. The highest BCUT2D eigenvalue weighted by Gasteiger charge is 2.72. The van der Waals surface area contributed by atoms with Crippen LogP contribution < -0.4 is 14.8 Å². The summed E-state index contributed by atoms with van der Waals surface area (Å²) >= 11 is 0. The zero-order valence-corrected chi connectivity index (χ0v) is 20.2. The summed E-state index contributed by atoms with van der Waals surface area (Å²) in [6.45, 7) is 0.0344. The quantitative estimate of drug-likeness (QED) is 0.461. The van der Waals surface area contributed by atoms with Gasteiger partial charge in [-0.1, -0.05) is 48.5 Å². The Balaban J connectivity index is 1.22. The summed E-state index contributed by atoms with van der Waals surface area (Å²) in [5, 5.41) is 12.3. The Morgan fingerprint density at radius 3 is 2.32 bits per heavy atom.